The number of benzene rings is 2. The van der Waals surface area contributed by atoms with Crippen LogP contribution < -0.4 is 14.2 Å². The van der Waals surface area contributed by atoms with Crippen LogP contribution in [0.2, 0.25) is 0 Å². The largest absolute Gasteiger partial charge is 0.503 e. The summed E-state index contributed by atoms with van der Waals surface area (Å²) in [6.45, 7) is 6.71. The van der Waals surface area contributed by atoms with Crippen LogP contribution in [0, 0.1) is 23.5 Å². The lowest BCUT2D eigenvalue weighted by molar-refractivity contribution is -0.159. The third-order valence-corrected chi connectivity index (χ3v) is 6.91. The van der Waals surface area contributed by atoms with Crippen molar-refractivity contribution < 1.29 is 42.4 Å². The van der Waals surface area contributed by atoms with Gasteiger partial charge in [-0.05, 0) is 57.0 Å². The summed E-state index contributed by atoms with van der Waals surface area (Å²) in [5, 5.41) is 10.3. The van der Waals surface area contributed by atoms with Gasteiger partial charge in [-0.2, -0.15) is 0 Å². The maximum Gasteiger partial charge on any atom is 0.309 e. The highest BCUT2D eigenvalue weighted by atomic mass is 19.1. The first kappa shape index (κ1) is 31.3. The number of hydrogen-bond acceptors (Lipinski definition) is 8. The van der Waals surface area contributed by atoms with E-state index >= 15 is 0 Å². The third kappa shape index (κ3) is 7.93. The summed E-state index contributed by atoms with van der Waals surface area (Å²) in [4.78, 5) is 29.8. The number of hydrogen-bond donors (Lipinski definition) is 1. The van der Waals surface area contributed by atoms with Gasteiger partial charge in [-0.15, -0.1) is 0 Å². The van der Waals surface area contributed by atoms with Crippen LogP contribution in [0.1, 0.15) is 50.2 Å². The van der Waals surface area contributed by atoms with E-state index in [2.05, 4.69) is 4.98 Å². The van der Waals surface area contributed by atoms with Gasteiger partial charge in [0.15, 0.2) is 34.5 Å². The maximum absolute atomic E-state index is 14.5. The van der Waals surface area contributed by atoms with Crippen molar-refractivity contribution in [2.45, 2.75) is 52.2 Å². The van der Waals surface area contributed by atoms with Crippen LogP contribution in [0.15, 0.2) is 54.7 Å². The Kier molecular flexibility index (Phi) is 10.3. The van der Waals surface area contributed by atoms with Crippen molar-refractivity contribution in [3.8, 4) is 23.0 Å². The lowest BCUT2D eigenvalue weighted by atomic mass is 9.81. The zero-order valence-corrected chi connectivity index (χ0v) is 23.9. The van der Waals surface area contributed by atoms with Crippen molar-refractivity contribution in [3.05, 3.63) is 77.6 Å². The second-order valence-electron chi connectivity index (χ2n) is 10.3. The Labute approximate surface area is 238 Å². The molecule has 0 unspecified atom stereocenters. The van der Waals surface area contributed by atoms with E-state index < -0.39 is 52.7 Å². The maximum atomic E-state index is 14.5. The number of ether oxygens (including phenoxy) is 4. The number of nitrogens with zero attached hydrogens (tertiary/aromatic N) is 1. The number of halogens is 2. The molecule has 0 saturated carbocycles. The molecule has 220 valence electrons. The minimum atomic E-state index is -1.09. The summed E-state index contributed by atoms with van der Waals surface area (Å²) in [5.74, 6) is -3.93. The lowest BCUT2D eigenvalue weighted by Crippen LogP contribution is -2.46. The number of ketones is 1. The molecule has 3 rings (SSSR count). The first-order valence-corrected chi connectivity index (χ1v) is 13.1. The van der Waals surface area contributed by atoms with Crippen molar-refractivity contribution >= 4 is 11.8 Å². The molecule has 0 bridgehead atoms. The van der Waals surface area contributed by atoms with E-state index in [-0.39, 0.29) is 23.6 Å². The summed E-state index contributed by atoms with van der Waals surface area (Å²) in [6, 6.07) is 11.8. The first-order chi connectivity index (χ1) is 19.4. The molecule has 0 spiro atoms. The van der Waals surface area contributed by atoms with E-state index in [1.54, 1.807) is 40.0 Å². The zero-order chi connectivity index (χ0) is 30.3. The summed E-state index contributed by atoms with van der Waals surface area (Å²) in [5.41, 5.74) is -0.406. The Balaban J connectivity index is 1.80. The molecular formula is C31H35F2NO7. The van der Waals surface area contributed by atoms with Gasteiger partial charge in [0.25, 0.3) is 0 Å². The first-order valence-electron chi connectivity index (χ1n) is 13.1. The van der Waals surface area contributed by atoms with E-state index in [9.17, 15) is 23.5 Å². The fourth-order valence-electron chi connectivity index (χ4n) is 4.55. The van der Waals surface area contributed by atoms with Crippen molar-refractivity contribution in [3.63, 3.8) is 0 Å². The number of esters is 1. The molecule has 2 aromatic carbocycles. The van der Waals surface area contributed by atoms with Crippen molar-refractivity contribution in [2.75, 3.05) is 14.2 Å². The molecule has 0 saturated heterocycles. The Morgan fingerprint density at radius 3 is 2.27 bits per heavy atom. The molecular weight excluding hydrogens is 536 g/mol. The number of Topliss-reactive ketones (excluding diaryl/α,β-unsaturated/α-hetero) is 1. The molecule has 1 heterocycles. The van der Waals surface area contributed by atoms with E-state index in [1.807, 2.05) is 12.1 Å². The molecule has 0 aliphatic rings. The number of aromatic nitrogens is 1. The van der Waals surface area contributed by atoms with Crippen molar-refractivity contribution in [2.24, 2.45) is 11.8 Å². The molecule has 8 nitrogen and oxygen atoms in total. The summed E-state index contributed by atoms with van der Waals surface area (Å²) in [7, 11) is 2.91. The minimum absolute atomic E-state index is 0.0911. The molecule has 0 fully saturated rings. The third-order valence-electron chi connectivity index (χ3n) is 6.91. The Hall–Kier alpha value is -4.21. The van der Waals surface area contributed by atoms with Gasteiger partial charge in [0.1, 0.15) is 23.3 Å². The summed E-state index contributed by atoms with van der Waals surface area (Å²) in [6.07, 6.45) is 0.697. The highest BCUT2D eigenvalue weighted by Crippen LogP contribution is 2.34. The Bertz CT molecular complexity index is 1360. The normalized spacial score (nSPS) is 13.6. The average Bonchev–Trinajstić information content (AvgIpc) is 2.93. The molecule has 3 atom stereocenters. The second kappa shape index (κ2) is 13.4. The molecule has 0 radical (unpaired) electrons. The van der Waals surface area contributed by atoms with Gasteiger partial charge in [0, 0.05) is 30.7 Å². The van der Waals surface area contributed by atoms with E-state index in [1.165, 1.54) is 32.4 Å². The predicted octanol–water partition coefficient (Wildman–Crippen LogP) is 5.94. The van der Waals surface area contributed by atoms with Gasteiger partial charge in [-0.3, -0.25) is 9.59 Å². The van der Waals surface area contributed by atoms with Crippen molar-refractivity contribution in [1.29, 1.82) is 0 Å². The number of methoxy groups -OCH3 is 2. The molecule has 0 aliphatic carbocycles. The quantitative estimate of drug-likeness (QED) is 0.199. The molecule has 41 heavy (non-hydrogen) atoms. The number of pyridine rings is 1. The SMILES string of the molecule is COc1ccc(C[C@@H]([C@H](C)OC(=O)[C@H](C)CC(=O)c2nccc(OC)c2O)C(C)(C)Oc2ccc(F)cc2F)cc1. The second-order valence-corrected chi connectivity index (χ2v) is 10.3. The standard InChI is InChI=1S/C31H35F2NO7/c1-18(15-25(35)28-29(36)27(39-6)13-14-34-28)30(37)40-19(2)23(16-20-7-10-22(38-5)11-8-20)31(3,4)41-26-12-9-21(32)17-24(26)33/h7-14,17-19,23,36H,15-16H2,1-6H3/t18-,19+,23+/m1/s1. The van der Waals surface area contributed by atoms with Crippen LogP contribution in [0.5, 0.6) is 23.0 Å². The van der Waals surface area contributed by atoms with Gasteiger partial charge in [0.05, 0.1) is 20.1 Å². The number of carbonyl (C=O) groups is 2. The lowest BCUT2D eigenvalue weighted by Gasteiger charge is -2.38. The Morgan fingerprint density at radius 2 is 1.66 bits per heavy atom. The van der Waals surface area contributed by atoms with Gasteiger partial charge < -0.3 is 24.1 Å². The highest BCUT2D eigenvalue weighted by molar-refractivity contribution is 5.99. The van der Waals surface area contributed by atoms with Gasteiger partial charge in [-0.1, -0.05) is 19.1 Å². The predicted molar refractivity (Wildman–Crippen MR) is 147 cm³/mol. The average molecular weight is 572 g/mol. The van der Waals surface area contributed by atoms with Crippen LogP contribution in [-0.2, 0) is 16.0 Å². The molecule has 1 N–H and O–H groups in total. The van der Waals surface area contributed by atoms with Gasteiger partial charge in [0.2, 0.25) is 0 Å². The highest BCUT2D eigenvalue weighted by Gasteiger charge is 2.39. The fourth-order valence-corrected chi connectivity index (χ4v) is 4.55. The molecule has 0 amide bonds. The monoisotopic (exact) mass is 571 g/mol. The van der Waals surface area contributed by atoms with E-state index in [4.69, 9.17) is 18.9 Å². The topological polar surface area (TPSA) is 104 Å². The van der Waals surface area contributed by atoms with Crippen LogP contribution in [-0.4, -0.2) is 47.8 Å². The fraction of sp³-hybridized carbons (Fsp3) is 0.387. The van der Waals surface area contributed by atoms with Crippen molar-refractivity contribution in [1.82, 2.24) is 4.98 Å². The molecule has 1 aromatic heterocycles. The van der Waals surface area contributed by atoms with Gasteiger partial charge >= 0.3 is 5.97 Å². The van der Waals surface area contributed by atoms with Crippen LogP contribution in [0.4, 0.5) is 8.78 Å². The number of carbonyl (C=O) groups excluding carboxylic acids is 2. The van der Waals surface area contributed by atoms with E-state index in [0.29, 0.717) is 12.2 Å². The molecule has 0 aliphatic heterocycles. The number of rotatable bonds is 13. The molecule has 3 aromatic rings. The van der Waals surface area contributed by atoms with Gasteiger partial charge in [-0.25, -0.2) is 13.8 Å². The summed E-state index contributed by atoms with van der Waals surface area (Å²) < 4.78 is 50.1. The Morgan fingerprint density at radius 1 is 0.976 bits per heavy atom. The van der Waals surface area contributed by atoms with E-state index in [0.717, 1.165) is 17.7 Å². The van der Waals surface area contributed by atoms with Crippen LogP contribution >= 0.6 is 0 Å². The smallest absolute Gasteiger partial charge is 0.309 e. The molecule has 10 heteroatoms. The zero-order valence-electron chi connectivity index (χ0n) is 23.9. The van der Waals surface area contributed by atoms with Crippen LogP contribution in [0.3, 0.4) is 0 Å². The summed E-state index contributed by atoms with van der Waals surface area (Å²) >= 11 is 0. The van der Waals surface area contributed by atoms with Crippen LogP contribution in [0.25, 0.3) is 0 Å². The minimum Gasteiger partial charge on any atom is -0.503 e. The number of aromatic hydroxyl groups is 1.